The predicted octanol–water partition coefficient (Wildman–Crippen LogP) is 2.13. The average Bonchev–Trinajstić information content (AvgIpc) is 2.68. The predicted molar refractivity (Wildman–Crippen MR) is 43.2 cm³/mol. The van der Waals surface area contributed by atoms with Crippen molar-refractivity contribution in [2.24, 2.45) is 5.41 Å². The number of rotatable bonds is 4. The summed E-state index contributed by atoms with van der Waals surface area (Å²) in [5.74, 6) is -0.0748. The topological polar surface area (TPSA) is 26.3 Å². The maximum Gasteiger partial charge on any atom is 0.305 e. The molecule has 1 saturated carbocycles. The molecule has 2 heteroatoms. The van der Waals surface area contributed by atoms with Gasteiger partial charge >= 0.3 is 5.97 Å². The van der Waals surface area contributed by atoms with Crippen LogP contribution in [0.15, 0.2) is 0 Å². The minimum absolute atomic E-state index is 0.0748. The van der Waals surface area contributed by atoms with Crippen molar-refractivity contribution >= 4 is 5.97 Å². The molecule has 11 heavy (non-hydrogen) atoms. The van der Waals surface area contributed by atoms with E-state index in [1.165, 1.54) is 26.4 Å². The van der Waals surface area contributed by atoms with Gasteiger partial charge in [-0.3, -0.25) is 4.79 Å². The summed E-state index contributed by atoms with van der Waals surface area (Å²) in [6.07, 6.45) is 5.44. The zero-order valence-corrected chi connectivity index (χ0v) is 7.35. The first-order valence-corrected chi connectivity index (χ1v) is 4.23. The van der Waals surface area contributed by atoms with Gasteiger partial charge in [-0.2, -0.15) is 0 Å². The summed E-state index contributed by atoms with van der Waals surface area (Å²) in [6, 6.07) is 0. The van der Waals surface area contributed by atoms with E-state index in [2.05, 4.69) is 11.7 Å². The van der Waals surface area contributed by atoms with Crippen molar-refractivity contribution in [1.29, 1.82) is 0 Å². The second kappa shape index (κ2) is 3.24. The first kappa shape index (κ1) is 8.57. The molecular weight excluding hydrogens is 140 g/mol. The zero-order chi connectivity index (χ0) is 8.32. The molecule has 1 aliphatic rings. The largest absolute Gasteiger partial charge is 0.469 e. The number of hydrogen-bond acceptors (Lipinski definition) is 2. The number of hydrogen-bond donors (Lipinski definition) is 0. The molecule has 0 heterocycles. The van der Waals surface area contributed by atoms with E-state index in [0.717, 1.165) is 6.42 Å². The Balaban J connectivity index is 2.00. The van der Waals surface area contributed by atoms with Gasteiger partial charge in [0, 0.05) is 6.42 Å². The Hall–Kier alpha value is -0.530. The maximum absolute atomic E-state index is 10.7. The van der Waals surface area contributed by atoms with Crippen LogP contribution in [-0.4, -0.2) is 13.1 Å². The molecule has 1 aliphatic carbocycles. The van der Waals surface area contributed by atoms with E-state index in [0.29, 0.717) is 11.8 Å². The molecule has 64 valence electrons. The fourth-order valence-corrected chi connectivity index (χ4v) is 1.22. The molecule has 0 aromatic heterocycles. The molecule has 0 radical (unpaired) electrons. The highest BCUT2D eigenvalue weighted by Crippen LogP contribution is 2.49. The van der Waals surface area contributed by atoms with Gasteiger partial charge in [-0.1, -0.05) is 6.92 Å². The lowest BCUT2D eigenvalue weighted by molar-refractivity contribution is -0.140. The fourth-order valence-electron chi connectivity index (χ4n) is 1.22. The summed E-state index contributed by atoms with van der Waals surface area (Å²) in [7, 11) is 1.45. The van der Waals surface area contributed by atoms with E-state index in [-0.39, 0.29) is 5.97 Å². The summed E-state index contributed by atoms with van der Waals surface area (Å²) >= 11 is 0. The molecule has 0 aromatic rings. The Labute approximate surface area is 67.9 Å². The number of carbonyl (C=O) groups is 1. The first-order valence-electron chi connectivity index (χ1n) is 4.23. The van der Waals surface area contributed by atoms with Gasteiger partial charge in [0.1, 0.15) is 0 Å². The highest BCUT2D eigenvalue weighted by molar-refractivity contribution is 5.68. The summed E-state index contributed by atoms with van der Waals surface area (Å²) < 4.78 is 4.55. The minimum atomic E-state index is -0.0748. The lowest BCUT2D eigenvalue weighted by atomic mass is 10.0. The summed E-state index contributed by atoms with van der Waals surface area (Å²) in [5.41, 5.74) is 0.577. The van der Waals surface area contributed by atoms with Crippen molar-refractivity contribution in [1.82, 2.24) is 0 Å². The van der Waals surface area contributed by atoms with Crippen LogP contribution in [0.5, 0.6) is 0 Å². The van der Waals surface area contributed by atoms with E-state index >= 15 is 0 Å². The van der Waals surface area contributed by atoms with Crippen molar-refractivity contribution in [2.45, 2.75) is 39.0 Å². The van der Waals surface area contributed by atoms with Gasteiger partial charge in [-0.15, -0.1) is 0 Å². The normalized spacial score (nSPS) is 19.5. The molecule has 0 bridgehead atoms. The van der Waals surface area contributed by atoms with Crippen LogP contribution in [0, 0.1) is 5.41 Å². The Morgan fingerprint density at radius 2 is 2.18 bits per heavy atom. The molecule has 1 fully saturated rings. The molecule has 2 nitrogen and oxygen atoms in total. The Morgan fingerprint density at radius 1 is 1.55 bits per heavy atom. The van der Waals surface area contributed by atoms with Gasteiger partial charge < -0.3 is 4.74 Å². The van der Waals surface area contributed by atoms with Gasteiger partial charge in [0.25, 0.3) is 0 Å². The molecule has 0 aliphatic heterocycles. The SMILES string of the molecule is COC(=O)CCCC1(C)CC1. The molecule has 0 unspecified atom stereocenters. The highest BCUT2D eigenvalue weighted by atomic mass is 16.5. The average molecular weight is 156 g/mol. The third-order valence-electron chi connectivity index (χ3n) is 2.49. The van der Waals surface area contributed by atoms with Crippen LogP contribution in [0.2, 0.25) is 0 Å². The van der Waals surface area contributed by atoms with E-state index in [1.54, 1.807) is 0 Å². The molecule has 0 saturated heterocycles. The molecule has 0 spiro atoms. The van der Waals surface area contributed by atoms with Gasteiger partial charge in [-0.05, 0) is 31.1 Å². The Morgan fingerprint density at radius 3 is 2.64 bits per heavy atom. The van der Waals surface area contributed by atoms with Crippen LogP contribution in [0.25, 0.3) is 0 Å². The van der Waals surface area contributed by atoms with E-state index < -0.39 is 0 Å². The van der Waals surface area contributed by atoms with Gasteiger partial charge in [0.15, 0.2) is 0 Å². The molecule has 0 atom stereocenters. The Kier molecular flexibility index (Phi) is 2.53. The maximum atomic E-state index is 10.7. The van der Waals surface area contributed by atoms with Gasteiger partial charge in [0.2, 0.25) is 0 Å². The van der Waals surface area contributed by atoms with Gasteiger partial charge in [0.05, 0.1) is 7.11 Å². The Bertz CT molecular complexity index is 148. The summed E-state index contributed by atoms with van der Waals surface area (Å²) in [4.78, 5) is 10.7. The second-order valence-corrected chi connectivity index (χ2v) is 3.74. The van der Waals surface area contributed by atoms with Crippen molar-refractivity contribution in [2.75, 3.05) is 7.11 Å². The summed E-state index contributed by atoms with van der Waals surface area (Å²) in [6.45, 7) is 2.28. The van der Waals surface area contributed by atoms with Gasteiger partial charge in [-0.25, -0.2) is 0 Å². The third-order valence-corrected chi connectivity index (χ3v) is 2.49. The van der Waals surface area contributed by atoms with Crippen molar-refractivity contribution in [3.05, 3.63) is 0 Å². The van der Waals surface area contributed by atoms with E-state index in [9.17, 15) is 4.79 Å². The molecular formula is C9H16O2. The van der Waals surface area contributed by atoms with E-state index in [1.807, 2.05) is 0 Å². The number of carbonyl (C=O) groups excluding carboxylic acids is 1. The molecule has 1 rings (SSSR count). The van der Waals surface area contributed by atoms with Crippen molar-refractivity contribution in [3.63, 3.8) is 0 Å². The lowest BCUT2D eigenvalue weighted by Crippen LogP contribution is -2.01. The molecule has 0 amide bonds. The second-order valence-electron chi connectivity index (χ2n) is 3.74. The van der Waals surface area contributed by atoms with Crippen LogP contribution in [0.4, 0.5) is 0 Å². The van der Waals surface area contributed by atoms with Crippen molar-refractivity contribution < 1.29 is 9.53 Å². The first-order chi connectivity index (χ1) is 5.16. The number of methoxy groups -OCH3 is 1. The third kappa shape index (κ3) is 2.91. The summed E-state index contributed by atoms with van der Waals surface area (Å²) in [5, 5.41) is 0. The van der Waals surface area contributed by atoms with Crippen LogP contribution in [-0.2, 0) is 9.53 Å². The lowest BCUT2D eigenvalue weighted by Gasteiger charge is -2.05. The quantitative estimate of drug-likeness (QED) is 0.583. The fraction of sp³-hybridized carbons (Fsp3) is 0.889. The van der Waals surface area contributed by atoms with E-state index in [4.69, 9.17) is 0 Å². The minimum Gasteiger partial charge on any atom is -0.469 e. The standard InChI is InChI=1S/C9H16O2/c1-9(6-7-9)5-3-4-8(10)11-2/h3-7H2,1-2H3. The zero-order valence-electron chi connectivity index (χ0n) is 7.35. The van der Waals surface area contributed by atoms with Crippen LogP contribution < -0.4 is 0 Å². The highest BCUT2D eigenvalue weighted by Gasteiger charge is 2.36. The van der Waals surface area contributed by atoms with Crippen LogP contribution in [0.1, 0.15) is 39.0 Å². The van der Waals surface area contributed by atoms with Crippen LogP contribution in [0.3, 0.4) is 0 Å². The van der Waals surface area contributed by atoms with Crippen LogP contribution >= 0.6 is 0 Å². The smallest absolute Gasteiger partial charge is 0.305 e. The van der Waals surface area contributed by atoms with Crippen molar-refractivity contribution in [3.8, 4) is 0 Å². The number of ether oxygens (including phenoxy) is 1. The molecule has 0 aromatic carbocycles. The monoisotopic (exact) mass is 156 g/mol. The number of esters is 1. The molecule has 0 N–H and O–H groups in total.